The molecule has 2 bridgehead atoms. The molecule has 2 atom stereocenters. The fourth-order valence-electron chi connectivity index (χ4n) is 2.87. The number of rotatable bonds is 6. The predicted molar refractivity (Wildman–Crippen MR) is 73.8 cm³/mol. The average molecular weight is 350 g/mol. The minimum absolute atomic E-state index is 0.152. The summed E-state index contributed by atoms with van der Waals surface area (Å²) in [7, 11) is -4.79. The van der Waals surface area contributed by atoms with Crippen molar-refractivity contribution < 1.29 is 31.7 Å². The smallest absolute Gasteiger partial charge is 0.316 e. The lowest BCUT2D eigenvalue weighted by molar-refractivity contribution is -0.140. The second-order valence-corrected chi connectivity index (χ2v) is 6.82. The molecule has 0 saturated carbocycles. The summed E-state index contributed by atoms with van der Waals surface area (Å²) in [5.74, 6) is -0.101. The molecule has 3 saturated heterocycles. The molecule has 130 valence electrons. The van der Waals surface area contributed by atoms with Crippen LogP contribution in [0.15, 0.2) is 0 Å². The zero-order valence-electron chi connectivity index (χ0n) is 12.2. The number of urea groups is 1. The Balaban J connectivity index is 1.56. The van der Waals surface area contributed by atoms with E-state index in [4.69, 9.17) is 9.39 Å². The fraction of sp³-hybridized carbons (Fsp3) is 0.818. The van der Waals surface area contributed by atoms with E-state index >= 15 is 0 Å². The van der Waals surface area contributed by atoms with Gasteiger partial charge in [-0.05, 0) is 12.8 Å². The maximum absolute atomic E-state index is 12.1. The molecule has 3 heterocycles. The third-order valence-electron chi connectivity index (χ3n) is 4.16. The molecule has 0 aliphatic carbocycles. The van der Waals surface area contributed by atoms with Crippen molar-refractivity contribution in [3.8, 4) is 0 Å². The van der Waals surface area contributed by atoms with Gasteiger partial charge < -0.3 is 10.2 Å². The lowest BCUT2D eigenvalue weighted by Gasteiger charge is -2.30. The number of fused-ring (bicyclic) bond motifs is 2. The van der Waals surface area contributed by atoms with Crippen LogP contribution in [0.3, 0.4) is 0 Å². The number of carbonyl (C=O) groups is 2. The predicted octanol–water partition coefficient (Wildman–Crippen LogP) is -1.74. The van der Waals surface area contributed by atoms with Gasteiger partial charge in [0.15, 0.2) is 0 Å². The second kappa shape index (κ2) is 6.20. The molecule has 0 aromatic heterocycles. The van der Waals surface area contributed by atoms with E-state index in [1.54, 1.807) is 0 Å². The Hall–Kier alpha value is -1.47. The first kappa shape index (κ1) is 16.4. The standard InChI is InChI=1S/C11H18N4O7S/c16-10(13-21-6-7-3-12-4-7)9-2-1-8-5-14(9)11(17)15(8)22-23(18,19)20/h7-9,12H,1-6H2,(H,13,16)(H,18,19,20)/t8-,9+/m1/s1. The molecule has 0 aromatic rings. The van der Waals surface area contributed by atoms with E-state index in [2.05, 4.69) is 15.1 Å². The molecule has 3 amide bonds. The van der Waals surface area contributed by atoms with Gasteiger partial charge in [-0.25, -0.2) is 10.3 Å². The largest absolute Gasteiger partial charge is 0.418 e. The number of nitrogens with one attached hydrogen (secondary N) is 2. The van der Waals surface area contributed by atoms with Gasteiger partial charge in [-0.2, -0.15) is 13.5 Å². The Kier molecular flexibility index (Phi) is 4.42. The van der Waals surface area contributed by atoms with Crippen molar-refractivity contribution in [2.24, 2.45) is 5.92 Å². The number of nitrogens with zero attached hydrogens (tertiary/aromatic N) is 2. The Morgan fingerprint density at radius 3 is 2.74 bits per heavy atom. The van der Waals surface area contributed by atoms with Gasteiger partial charge in [0.05, 0.1) is 12.6 Å². The number of carbonyl (C=O) groups excluding carboxylic acids is 2. The van der Waals surface area contributed by atoms with Crippen LogP contribution in [0, 0.1) is 5.92 Å². The lowest BCUT2D eigenvalue weighted by Crippen LogP contribution is -2.51. The third-order valence-corrected chi connectivity index (χ3v) is 4.51. The van der Waals surface area contributed by atoms with Crippen LogP contribution in [0.1, 0.15) is 12.8 Å². The highest BCUT2D eigenvalue weighted by molar-refractivity contribution is 7.80. The molecule has 12 heteroatoms. The van der Waals surface area contributed by atoms with E-state index in [1.807, 2.05) is 0 Å². The van der Waals surface area contributed by atoms with Gasteiger partial charge in [0.2, 0.25) is 0 Å². The third kappa shape index (κ3) is 3.55. The van der Waals surface area contributed by atoms with E-state index in [0.29, 0.717) is 30.4 Å². The van der Waals surface area contributed by atoms with Crippen molar-refractivity contribution in [3.05, 3.63) is 0 Å². The zero-order chi connectivity index (χ0) is 16.6. The topological polar surface area (TPSA) is 138 Å². The SMILES string of the molecule is O=C(NOCC1CNC1)[C@@H]1CC[C@@H]2CN1C(=O)N2OS(=O)(=O)O. The van der Waals surface area contributed by atoms with Crippen molar-refractivity contribution in [1.82, 2.24) is 20.8 Å². The first-order valence-corrected chi connectivity index (χ1v) is 8.61. The molecule has 3 aliphatic heterocycles. The van der Waals surface area contributed by atoms with E-state index in [9.17, 15) is 18.0 Å². The molecule has 3 aliphatic rings. The van der Waals surface area contributed by atoms with Crippen molar-refractivity contribution >= 4 is 22.3 Å². The van der Waals surface area contributed by atoms with Crippen LogP contribution in [0.4, 0.5) is 4.79 Å². The number of piperidine rings is 1. The molecule has 0 aromatic carbocycles. The highest BCUT2D eigenvalue weighted by Gasteiger charge is 2.49. The van der Waals surface area contributed by atoms with Crippen LogP contribution >= 0.6 is 0 Å². The van der Waals surface area contributed by atoms with Crippen LogP contribution in [-0.2, 0) is 24.3 Å². The van der Waals surface area contributed by atoms with E-state index in [0.717, 1.165) is 13.1 Å². The van der Waals surface area contributed by atoms with Crippen molar-refractivity contribution in [2.75, 3.05) is 26.2 Å². The monoisotopic (exact) mass is 350 g/mol. The molecule has 0 spiro atoms. The number of amides is 3. The summed E-state index contributed by atoms with van der Waals surface area (Å²) in [5.41, 5.74) is 2.33. The summed E-state index contributed by atoms with van der Waals surface area (Å²) < 4.78 is 34.6. The highest BCUT2D eigenvalue weighted by atomic mass is 32.3. The molecule has 3 fully saturated rings. The minimum atomic E-state index is -4.79. The first-order chi connectivity index (χ1) is 10.8. The van der Waals surface area contributed by atoms with Gasteiger partial charge in [-0.15, -0.1) is 4.28 Å². The lowest BCUT2D eigenvalue weighted by atomic mass is 10.0. The summed E-state index contributed by atoms with van der Waals surface area (Å²) in [5, 5.41) is 3.68. The maximum atomic E-state index is 12.1. The second-order valence-electron chi connectivity index (χ2n) is 5.81. The molecule has 0 unspecified atom stereocenters. The maximum Gasteiger partial charge on any atom is 0.418 e. The van der Waals surface area contributed by atoms with Crippen molar-refractivity contribution in [2.45, 2.75) is 24.9 Å². The van der Waals surface area contributed by atoms with Gasteiger partial charge in [-0.1, -0.05) is 0 Å². The van der Waals surface area contributed by atoms with Crippen molar-refractivity contribution in [1.29, 1.82) is 0 Å². The molecule has 23 heavy (non-hydrogen) atoms. The van der Waals surface area contributed by atoms with E-state index in [1.165, 1.54) is 4.90 Å². The molecule has 3 rings (SSSR count). The molecular formula is C11H18N4O7S. The Labute approximate surface area is 132 Å². The summed E-state index contributed by atoms with van der Waals surface area (Å²) in [6.45, 7) is 2.22. The van der Waals surface area contributed by atoms with E-state index in [-0.39, 0.29) is 6.54 Å². The Morgan fingerprint density at radius 2 is 2.13 bits per heavy atom. The van der Waals surface area contributed by atoms with E-state index < -0.39 is 34.4 Å². The van der Waals surface area contributed by atoms with Crippen LogP contribution in [-0.4, -0.2) is 73.2 Å². The van der Waals surface area contributed by atoms with Crippen LogP contribution in [0.2, 0.25) is 0 Å². The van der Waals surface area contributed by atoms with Crippen LogP contribution < -0.4 is 10.8 Å². The number of hydroxylamine groups is 3. The minimum Gasteiger partial charge on any atom is -0.316 e. The summed E-state index contributed by atoms with van der Waals surface area (Å²) in [4.78, 5) is 30.6. The summed E-state index contributed by atoms with van der Waals surface area (Å²) in [6, 6.07) is -2.04. The molecule has 3 N–H and O–H groups in total. The fourth-order valence-corrected chi connectivity index (χ4v) is 3.26. The summed E-state index contributed by atoms with van der Waals surface area (Å²) >= 11 is 0. The average Bonchev–Trinajstić information content (AvgIpc) is 2.65. The normalized spacial score (nSPS) is 28.0. The Bertz CT molecular complexity index is 593. The number of hydrogen-bond acceptors (Lipinski definition) is 7. The van der Waals surface area contributed by atoms with Gasteiger partial charge in [0.1, 0.15) is 6.04 Å². The van der Waals surface area contributed by atoms with Gasteiger partial charge in [-0.3, -0.25) is 14.2 Å². The van der Waals surface area contributed by atoms with Gasteiger partial charge in [0, 0.05) is 25.6 Å². The van der Waals surface area contributed by atoms with Gasteiger partial charge >= 0.3 is 16.4 Å². The van der Waals surface area contributed by atoms with Crippen LogP contribution in [0.5, 0.6) is 0 Å². The quantitative estimate of drug-likeness (QED) is 0.379. The van der Waals surface area contributed by atoms with Crippen LogP contribution in [0.25, 0.3) is 0 Å². The Morgan fingerprint density at radius 1 is 1.39 bits per heavy atom. The zero-order valence-corrected chi connectivity index (χ0v) is 13.0. The first-order valence-electron chi connectivity index (χ1n) is 7.24. The number of hydrogen-bond donors (Lipinski definition) is 3. The molecule has 11 nitrogen and oxygen atoms in total. The summed E-state index contributed by atoms with van der Waals surface area (Å²) in [6.07, 6.45) is 0.726. The highest BCUT2D eigenvalue weighted by Crippen LogP contribution is 2.30. The molecule has 0 radical (unpaired) electrons. The van der Waals surface area contributed by atoms with Gasteiger partial charge in [0.25, 0.3) is 5.91 Å². The molecular weight excluding hydrogens is 332 g/mol. The van der Waals surface area contributed by atoms with Crippen molar-refractivity contribution in [3.63, 3.8) is 0 Å².